The maximum atomic E-state index is 5.95. The lowest BCUT2D eigenvalue weighted by Crippen LogP contribution is -2.33. The molecule has 0 spiro atoms. The van der Waals surface area contributed by atoms with Gasteiger partial charge in [0, 0.05) is 5.56 Å². The molecule has 1 aromatic heterocycles. The van der Waals surface area contributed by atoms with Gasteiger partial charge in [0.05, 0.1) is 13.2 Å². The fourth-order valence-electron chi connectivity index (χ4n) is 3.04. The van der Waals surface area contributed by atoms with E-state index in [1.165, 1.54) is 17.5 Å². The number of rotatable bonds is 5. The van der Waals surface area contributed by atoms with E-state index in [0.29, 0.717) is 19.8 Å². The van der Waals surface area contributed by atoms with E-state index >= 15 is 0 Å². The standard InChI is InChI=1S/C19H19N3O2/c1-2-4-16(5-3-1)12-17-6-8-18(9-7-17)19(23-10-11-24-19)13-22-15-20-14-21-22/h1-9,14-15H,10-13H2. The zero-order valence-electron chi connectivity index (χ0n) is 13.3. The molecule has 0 saturated carbocycles. The van der Waals surface area contributed by atoms with Crippen LogP contribution in [0.4, 0.5) is 0 Å². The molecule has 1 aliphatic rings. The van der Waals surface area contributed by atoms with Crippen molar-refractivity contribution in [2.45, 2.75) is 18.8 Å². The van der Waals surface area contributed by atoms with Crippen molar-refractivity contribution < 1.29 is 9.47 Å². The fourth-order valence-corrected chi connectivity index (χ4v) is 3.04. The summed E-state index contributed by atoms with van der Waals surface area (Å²) >= 11 is 0. The SMILES string of the molecule is c1ccc(Cc2ccc(C3(Cn4cncn4)OCCO3)cc2)cc1. The highest BCUT2D eigenvalue weighted by atomic mass is 16.7. The smallest absolute Gasteiger partial charge is 0.215 e. The largest absolute Gasteiger partial charge is 0.342 e. The summed E-state index contributed by atoms with van der Waals surface area (Å²) in [6, 6.07) is 18.9. The maximum Gasteiger partial charge on any atom is 0.215 e. The summed E-state index contributed by atoms with van der Waals surface area (Å²) in [5, 5.41) is 4.17. The summed E-state index contributed by atoms with van der Waals surface area (Å²) in [6.45, 7) is 1.66. The van der Waals surface area contributed by atoms with Crippen molar-refractivity contribution >= 4 is 0 Å². The molecule has 1 fully saturated rings. The third-order valence-corrected chi connectivity index (χ3v) is 4.24. The second-order valence-corrected chi connectivity index (χ2v) is 5.90. The lowest BCUT2D eigenvalue weighted by molar-refractivity contribution is -0.177. The molecule has 4 rings (SSSR count). The maximum absolute atomic E-state index is 5.95. The summed E-state index contributed by atoms with van der Waals surface area (Å²) in [6.07, 6.45) is 4.11. The average molecular weight is 321 g/mol. The molecule has 0 unspecified atom stereocenters. The number of hydrogen-bond donors (Lipinski definition) is 0. The molecule has 3 aromatic rings. The highest BCUT2D eigenvalue weighted by molar-refractivity contribution is 5.30. The zero-order valence-corrected chi connectivity index (χ0v) is 13.3. The van der Waals surface area contributed by atoms with Crippen molar-refractivity contribution in [1.29, 1.82) is 0 Å². The van der Waals surface area contributed by atoms with Crippen molar-refractivity contribution in [3.8, 4) is 0 Å². The first kappa shape index (κ1) is 15.1. The van der Waals surface area contributed by atoms with Gasteiger partial charge in [0.2, 0.25) is 5.79 Å². The van der Waals surface area contributed by atoms with Crippen molar-refractivity contribution in [2.75, 3.05) is 13.2 Å². The minimum absolute atomic E-state index is 0.491. The Morgan fingerprint density at radius 1 is 0.917 bits per heavy atom. The fraction of sp³-hybridized carbons (Fsp3) is 0.263. The van der Waals surface area contributed by atoms with Crippen LogP contribution in [-0.2, 0) is 28.2 Å². The van der Waals surface area contributed by atoms with Gasteiger partial charge in [0.15, 0.2) is 0 Å². The molecule has 1 saturated heterocycles. The van der Waals surface area contributed by atoms with Gasteiger partial charge < -0.3 is 9.47 Å². The Labute approximate surface area is 140 Å². The molecule has 0 amide bonds. The van der Waals surface area contributed by atoms with E-state index in [0.717, 1.165) is 12.0 Å². The first-order valence-electron chi connectivity index (χ1n) is 8.08. The van der Waals surface area contributed by atoms with Gasteiger partial charge in [0.25, 0.3) is 0 Å². The quantitative estimate of drug-likeness (QED) is 0.725. The van der Waals surface area contributed by atoms with Crippen molar-refractivity contribution in [3.63, 3.8) is 0 Å². The Balaban J connectivity index is 1.56. The Bertz CT molecular complexity index is 764. The number of hydrogen-bond acceptors (Lipinski definition) is 4. The van der Waals surface area contributed by atoms with Crippen LogP contribution in [0.1, 0.15) is 16.7 Å². The van der Waals surface area contributed by atoms with Gasteiger partial charge in [-0.25, -0.2) is 9.67 Å². The number of nitrogens with zero attached hydrogens (tertiary/aromatic N) is 3. The molecular weight excluding hydrogens is 302 g/mol. The van der Waals surface area contributed by atoms with Gasteiger partial charge >= 0.3 is 0 Å². The lowest BCUT2D eigenvalue weighted by atomic mass is 10.00. The van der Waals surface area contributed by atoms with E-state index in [1.54, 1.807) is 11.0 Å². The van der Waals surface area contributed by atoms with Crippen LogP contribution in [0.15, 0.2) is 67.3 Å². The first-order chi connectivity index (χ1) is 11.8. The van der Waals surface area contributed by atoms with E-state index in [-0.39, 0.29) is 0 Å². The zero-order chi connectivity index (χ0) is 16.2. The van der Waals surface area contributed by atoms with Gasteiger partial charge in [-0.1, -0.05) is 54.6 Å². The van der Waals surface area contributed by atoms with Crippen LogP contribution >= 0.6 is 0 Å². The predicted octanol–water partition coefficient (Wildman–Crippen LogP) is 2.77. The minimum Gasteiger partial charge on any atom is -0.342 e. The van der Waals surface area contributed by atoms with Crippen LogP contribution in [0, 0.1) is 0 Å². The highest BCUT2D eigenvalue weighted by Crippen LogP contribution is 2.33. The molecule has 5 heteroatoms. The van der Waals surface area contributed by atoms with Gasteiger partial charge in [-0.05, 0) is 17.5 Å². The summed E-state index contributed by atoms with van der Waals surface area (Å²) < 4.78 is 13.6. The molecule has 0 radical (unpaired) electrons. The number of benzene rings is 2. The van der Waals surface area contributed by atoms with Gasteiger partial charge in [-0.2, -0.15) is 5.10 Å². The van der Waals surface area contributed by atoms with Gasteiger partial charge in [-0.15, -0.1) is 0 Å². The minimum atomic E-state index is -0.779. The number of ether oxygens (including phenoxy) is 2. The Morgan fingerprint density at radius 2 is 1.62 bits per heavy atom. The molecule has 24 heavy (non-hydrogen) atoms. The van der Waals surface area contributed by atoms with E-state index < -0.39 is 5.79 Å². The Morgan fingerprint density at radius 3 is 2.29 bits per heavy atom. The molecule has 2 aromatic carbocycles. The monoisotopic (exact) mass is 321 g/mol. The Kier molecular flexibility index (Phi) is 4.11. The first-order valence-corrected chi connectivity index (χ1v) is 8.08. The van der Waals surface area contributed by atoms with E-state index in [9.17, 15) is 0 Å². The lowest BCUT2D eigenvalue weighted by Gasteiger charge is -2.27. The van der Waals surface area contributed by atoms with Crippen molar-refractivity contribution in [1.82, 2.24) is 14.8 Å². The third kappa shape index (κ3) is 3.09. The van der Waals surface area contributed by atoms with E-state index in [2.05, 4.69) is 58.6 Å². The second-order valence-electron chi connectivity index (χ2n) is 5.90. The van der Waals surface area contributed by atoms with Crippen LogP contribution in [0.25, 0.3) is 0 Å². The molecule has 122 valence electrons. The average Bonchev–Trinajstić information content (AvgIpc) is 3.30. The van der Waals surface area contributed by atoms with Crippen LogP contribution in [-0.4, -0.2) is 28.0 Å². The van der Waals surface area contributed by atoms with E-state index in [1.807, 2.05) is 6.07 Å². The molecule has 5 nitrogen and oxygen atoms in total. The van der Waals surface area contributed by atoms with Crippen molar-refractivity contribution in [2.24, 2.45) is 0 Å². The third-order valence-electron chi connectivity index (χ3n) is 4.24. The molecular formula is C19H19N3O2. The highest BCUT2D eigenvalue weighted by Gasteiger charge is 2.39. The topological polar surface area (TPSA) is 49.2 Å². The summed E-state index contributed by atoms with van der Waals surface area (Å²) in [4.78, 5) is 3.99. The Hall–Kier alpha value is -2.50. The van der Waals surface area contributed by atoms with Gasteiger partial charge in [0.1, 0.15) is 19.2 Å². The molecule has 0 atom stereocenters. The van der Waals surface area contributed by atoms with Crippen LogP contribution in [0.5, 0.6) is 0 Å². The van der Waals surface area contributed by atoms with Crippen LogP contribution in [0.3, 0.4) is 0 Å². The van der Waals surface area contributed by atoms with Crippen molar-refractivity contribution in [3.05, 3.63) is 83.9 Å². The molecule has 2 heterocycles. The van der Waals surface area contributed by atoms with Gasteiger partial charge in [-0.3, -0.25) is 0 Å². The second kappa shape index (κ2) is 6.55. The molecule has 0 N–H and O–H groups in total. The predicted molar refractivity (Wildman–Crippen MR) is 89.3 cm³/mol. The molecule has 0 aliphatic carbocycles. The number of aromatic nitrogens is 3. The normalized spacial score (nSPS) is 16.3. The summed E-state index contributed by atoms with van der Waals surface area (Å²) in [7, 11) is 0. The summed E-state index contributed by atoms with van der Waals surface area (Å²) in [5.74, 6) is -0.779. The van der Waals surface area contributed by atoms with Crippen LogP contribution < -0.4 is 0 Å². The van der Waals surface area contributed by atoms with Crippen LogP contribution in [0.2, 0.25) is 0 Å². The van der Waals surface area contributed by atoms with E-state index in [4.69, 9.17) is 9.47 Å². The molecule has 1 aliphatic heterocycles. The summed E-state index contributed by atoms with van der Waals surface area (Å²) in [5.41, 5.74) is 3.57. The molecule has 0 bridgehead atoms.